The number of rotatable bonds is 5. The fourth-order valence-electron chi connectivity index (χ4n) is 3.16. The summed E-state index contributed by atoms with van der Waals surface area (Å²) >= 11 is 1.66. The monoisotopic (exact) mass is 367 g/mol. The fourth-order valence-corrected chi connectivity index (χ4v) is 4.21. The smallest absolute Gasteiger partial charge is 0.138 e. The zero-order valence-electron chi connectivity index (χ0n) is 15.1. The van der Waals surface area contributed by atoms with E-state index in [1.807, 2.05) is 26.0 Å². The van der Waals surface area contributed by atoms with E-state index >= 15 is 0 Å². The number of fused-ring (bicyclic) bond motifs is 3. The Bertz CT molecular complexity index is 1080. The largest absolute Gasteiger partial charge is 0.492 e. The third-order valence-electron chi connectivity index (χ3n) is 4.57. The van der Waals surface area contributed by atoms with Crippen LogP contribution in [-0.4, -0.2) is 26.8 Å². The van der Waals surface area contributed by atoms with Gasteiger partial charge in [-0.1, -0.05) is 6.92 Å². The number of benzene rings is 1. The maximum absolute atomic E-state index is 6.20. The standard InChI is InChI=1S/C19H21N5OS/c1-4-16-22-18-15(20)8-12-7-13(9-21-17(12)19(18)26-16)25-6-5-14-10(2)23-24-11(14)3/h7-9H,4-6,20H2,1-3H3,(H,23,24). The summed E-state index contributed by atoms with van der Waals surface area (Å²) in [7, 11) is 0. The first-order chi connectivity index (χ1) is 12.6. The van der Waals surface area contributed by atoms with Crippen molar-refractivity contribution in [2.24, 2.45) is 0 Å². The minimum atomic E-state index is 0.576. The number of nitrogens with two attached hydrogens (primary N) is 1. The Balaban J connectivity index is 1.60. The van der Waals surface area contributed by atoms with Gasteiger partial charge in [0.05, 0.1) is 39.4 Å². The molecule has 0 aliphatic rings. The second kappa shape index (κ2) is 6.57. The van der Waals surface area contributed by atoms with Crippen LogP contribution in [-0.2, 0) is 12.8 Å². The van der Waals surface area contributed by atoms with Crippen LogP contribution in [0, 0.1) is 13.8 Å². The van der Waals surface area contributed by atoms with E-state index in [0.717, 1.165) is 56.1 Å². The first kappa shape index (κ1) is 16.8. The summed E-state index contributed by atoms with van der Waals surface area (Å²) in [5.74, 6) is 0.746. The van der Waals surface area contributed by atoms with Crippen molar-refractivity contribution in [3.05, 3.63) is 40.3 Å². The second-order valence-electron chi connectivity index (χ2n) is 6.36. The summed E-state index contributed by atoms with van der Waals surface area (Å²) < 4.78 is 6.97. The summed E-state index contributed by atoms with van der Waals surface area (Å²) in [4.78, 5) is 9.23. The maximum atomic E-state index is 6.20. The number of nitrogens with one attached hydrogen (secondary N) is 1. The number of nitrogens with zero attached hydrogens (tertiary/aromatic N) is 3. The van der Waals surface area contributed by atoms with E-state index in [0.29, 0.717) is 12.3 Å². The predicted octanol–water partition coefficient (Wildman–Crippen LogP) is 3.95. The zero-order valence-corrected chi connectivity index (χ0v) is 15.9. The highest BCUT2D eigenvalue weighted by Crippen LogP contribution is 2.34. The molecule has 26 heavy (non-hydrogen) atoms. The van der Waals surface area contributed by atoms with Gasteiger partial charge in [-0.2, -0.15) is 5.10 Å². The minimum Gasteiger partial charge on any atom is -0.492 e. The van der Waals surface area contributed by atoms with Crippen molar-refractivity contribution in [1.29, 1.82) is 0 Å². The molecule has 0 radical (unpaired) electrons. The van der Waals surface area contributed by atoms with Crippen LogP contribution in [0.3, 0.4) is 0 Å². The molecule has 1 aromatic carbocycles. The van der Waals surface area contributed by atoms with Crippen LogP contribution < -0.4 is 10.5 Å². The summed E-state index contributed by atoms with van der Waals surface area (Å²) in [6.07, 6.45) is 3.48. The third-order valence-corrected chi connectivity index (χ3v) is 5.77. The van der Waals surface area contributed by atoms with Crippen LogP contribution in [0.2, 0.25) is 0 Å². The van der Waals surface area contributed by atoms with Gasteiger partial charge in [0.1, 0.15) is 11.3 Å². The lowest BCUT2D eigenvalue weighted by Gasteiger charge is -2.08. The van der Waals surface area contributed by atoms with Crippen molar-refractivity contribution >= 4 is 38.1 Å². The van der Waals surface area contributed by atoms with Crippen molar-refractivity contribution in [1.82, 2.24) is 20.2 Å². The molecule has 0 atom stereocenters. The molecule has 6 nitrogen and oxygen atoms in total. The molecule has 0 spiro atoms. The number of aryl methyl sites for hydroxylation is 3. The van der Waals surface area contributed by atoms with Crippen LogP contribution in [0.25, 0.3) is 21.1 Å². The average molecular weight is 367 g/mol. The molecule has 7 heteroatoms. The lowest BCUT2D eigenvalue weighted by Crippen LogP contribution is -2.03. The van der Waals surface area contributed by atoms with Gasteiger partial charge in [0, 0.05) is 17.5 Å². The Morgan fingerprint density at radius 3 is 2.81 bits per heavy atom. The lowest BCUT2D eigenvalue weighted by molar-refractivity contribution is 0.321. The molecular formula is C19H21N5OS. The molecule has 0 fully saturated rings. The maximum Gasteiger partial charge on any atom is 0.138 e. The molecule has 3 aromatic heterocycles. The van der Waals surface area contributed by atoms with Gasteiger partial charge in [-0.3, -0.25) is 10.1 Å². The average Bonchev–Trinajstić information content (AvgIpc) is 3.20. The third kappa shape index (κ3) is 2.88. The van der Waals surface area contributed by atoms with Gasteiger partial charge >= 0.3 is 0 Å². The molecule has 4 rings (SSSR count). The Morgan fingerprint density at radius 2 is 2.08 bits per heavy atom. The molecule has 0 saturated heterocycles. The number of H-pyrrole nitrogens is 1. The fraction of sp³-hybridized carbons (Fsp3) is 0.316. The Kier molecular flexibility index (Phi) is 4.24. The lowest BCUT2D eigenvalue weighted by atomic mass is 10.1. The highest BCUT2D eigenvalue weighted by Gasteiger charge is 2.12. The van der Waals surface area contributed by atoms with Gasteiger partial charge in [-0.25, -0.2) is 4.98 Å². The predicted molar refractivity (Wildman–Crippen MR) is 106 cm³/mol. The van der Waals surface area contributed by atoms with Crippen molar-refractivity contribution < 1.29 is 4.74 Å². The normalized spacial score (nSPS) is 11.5. The van der Waals surface area contributed by atoms with Crippen LogP contribution >= 0.6 is 11.3 Å². The minimum absolute atomic E-state index is 0.576. The highest BCUT2D eigenvalue weighted by atomic mass is 32.1. The second-order valence-corrected chi connectivity index (χ2v) is 7.44. The topological polar surface area (TPSA) is 89.7 Å². The number of hydrogen-bond acceptors (Lipinski definition) is 6. The van der Waals surface area contributed by atoms with E-state index in [4.69, 9.17) is 10.5 Å². The zero-order chi connectivity index (χ0) is 18.3. The van der Waals surface area contributed by atoms with Gasteiger partial charge in [0.2, 0.25) is 0 Å². The van der Waals surface area contributed by atoms with Gasteiger partial charge < -0.3 is 10.5 Å². The summed E-state index contributed by atoms with van der Waals surface area (Å²) in [5.41, 5.74) is 12.0. The van der Waals surface area contributed by atoms with E-state index in [9.17, 15) is 0 Å². The number of nitrogen functional groups attached to an aromatic ring is 1. The number of aromatic nitrogens is 4. The van der Waals surface area contributed by atoms with Crippen molar-refractivity contribution in [2.75, 3.05) is 12.3 Å². The molecule has 134 valence electrons. The van der Waals surface area contributed by atoms with Crippen molar-refractivity contribution in [3.63, 3.8) is 0 Å². The Labute approximate surface area is 155 Å². The van der Waals surface area contributed by atoms with Crippen LogP contribution in [0.4, 0.5) is 5.69 Å². The molecular weight excluding hydrogens is 346 g/mol. The van der Waals surface area contributed by atoms with Gasteiger partial charge in [0.15, 0.2) is 0 Å². The number of thiazole rings is 1. The molecule has 4 aromatic rings. The van der Waals surface area contributed by atoms with Crippen LogP contribution in [0.1, 0.15) is 28.9 Å². The summed E-state index contributed by atoms with van der Waals surface area (Å²) in [5, 5.41) is 9.28. The van der Waals surface area contributed by atoms with E-state index in [-0.39, 0.29) is 0 Å². The number of hydrogen-bond donors (Lipinski definition) is 2. The molecule has 0 aliphatic heterocycles. The van der Waals surface area contributed by atoms with E-state index in [1.54, 1.807) is 17.5 Å². The van der Waals surface area contributed by atoms with Gasteiger partial charge in [-0.15, -0.1) is 11.3 Å². The molecule has 0 aliphatic carbocycles. The molecule has 3 heterocycles. The molecule has 0 bridgehead atoms. The molecule has 0 unspecified atom stereocenters. The quantitative estimate of drug-likeness (QED) is 0.521. The molecule has 0 amide bonds. The first-order valence-electron chi connectivity index (χ1n) is 8.67. The van der Waals surface area contributed by atoms with Crippen molar-refractivity contribution in [2.45, 2.75) is 33.6 Å². The Morgan fingerprint density at radius 1 is 1.23 bits per heavy atom. The molecule has 0 saturated carbocycles. The number of anilines is 1. The van der Waals surface area contributed by atoms with E-state index < -0.39 is 0 Å². The van der Waals surface area contributed by atoms with E-state index in [2.05, 4.69) is 27.1 Å². The van der Waals surface area contributed by atoms with Gasteiger partial charge in [0.25, 0.3) is 0 Å². The molecule has 3 N–H and O–H groups in total. The van der Waals surface area contributed by atoms with Crippen molar-refractivity contribution in [3.8, 4) is 5.75 Å². The first-order valence-corrected chi connectivity index (χ1v) is 9.49. The number of ether oxygens (including phenoxy) is 1. The van der Waals surface area contributed by atoms with Crippen LogP contribution in [0.5, 0.6) is 5.75 Å². The van der Waals surface area contributed by atoms with Gasteiger partial charge in [-0.05, 0) is 38.0 Å². The summed E-state index contributed by atoms with van der Waals surface area (Å²) in [6.45, 7) is 6.70. The Hall–Kier alpha value is -2.67. The van der Waals surface area contributed by atoms with E-state index in [1.165, 1.54) is 5.56 Å². The number of aromatic amines is 1. The highest BCUT2D eigenvalue weighted by molar-refractivity contribution is 7.19. The SMILES string of the molecule is CCc1nc2c(N)cc3cc(OCCc4c(C)n[nH]c4C)cnc3c2s1. The van der Waals surface area contributed by atoms with Crippen LogP contribution in [0.15, 0.2) is 18.3 Å². The number of pyridine rings is 1. The summed E-state index contributed by atoms with van der Waals surface area (Å²) in [6, 6.07) is 3.93.